The number of hydrogen-bond donors (Lipinski definition) is 2. The van der Waals surface area contributed by atoms with Crippen molar-refractivity contribution in [2.45, 2.75) is 45.6 Å². The van der Waals surface area contributed by atoms with Crippen molar-refractivity contribution in [3.05, 3.63) is 16.1 Å². The van der Waals surface area contributed by atoms with Gasteiger partial charge in [0.1, 0.15) is 0 Å². The number of nitrogens with two attached hydrogens (primary N) is 1. The number of amides is 1. The molecule has 0 saturated heterocycles. The molecule has 1 aromatic rings. The van der Waals surface area contributed by atoms with E-state index in [1.54, 1.807) is 11.3 Å². The maximum absolute atomic E-state index is 11.5. The standard InChI is InChI=1S/C12H21N3OS/c1-9-15-10(8-17-9)5-7-14-11(16)4-6-12(2,3)13/h8H,4-7,13H2,1-3H3,(H,14,16). The fraction of sp³-hybridized carbons (Fsp3) is 0.667. The minimum atomic E-state index is -0.274. The second-order valence-electron chi connectivity index (χ2n) is 4.95. The first-order valence-electron chi connectivity index (χ1n) is 5.83. The van der Waals surface area contributed by atoms with Crippen LogP contribution in [0.2, 0.25) is 0 Å². The summed E-state index contributed by atoms with van der Waals surface area (Å²) in [5, 5.41) is 5.98. The van der Waals surface area contributed by atoms with Gasteiger partial charge >= 0.3 is 0 Å². The molecule has 0 aliphatic carbocycles. The predicted octanol–water partition coefficient (Wildman–Crippen LogP) is 1.63. The Morgan fingerprint density at radius 1 is 1.59 bits per heavy atom. The van der Waals surface area contributed by atoms with Gasteiger partial charge in [0, 0.05) is 30.3 Å². The second kappa shape index (κ2) is 6.12. The molecule has 4 nitrogen and oxygen atoms in total. The molecule has 1 aromatic heterocycles. The van der Waals surface area contributed by atoms with Crippen molar-refractivity contribution in [1.82, 2.24) is 10.3 Å². The van der Waals surface area contributed by atoms with Crippen LogP contribution in [0.25, 0.3) is 0 Å². The SMILES string of the molecule is Cc1nc(CCNC(=O)CCC(C)(C)N)cs1. The van der Waals surface area contributed by atoms with Gasteiger partial charge in [0.05, 0.1) is 10.7 Å². The molecule has 0 spiro atoms. The first kappa shape index (κ1) is 14.1. The Kier molecular flexibility index (Phi) is 5.08. The third-order valence-electron chi connectivity index (χ3n) is 2.37. The molecule has 0 aliphatic rings. The molecule has 17 heavy (non-hydrogen) atoms. The van der Waals surface area contributed by atoms with Crippen LogP contribution < -0.4 is 11.1 Å². The highest BCUT2D eigenvalue weighted by Crippen LogP contribution is 2.08. The van der Waals surface area contributed by atoms with Gasteiger partial charge in [-0.05, 0) is 27.2 Å². The van der Waals surface area contributed by atoms with Gasteiger partial charge in [-0.15, -0.1) is 11.3 Å². The molecule has 96 valence electrons. The van der Waals surface area contributed by atoms with Crippen molar-refractivity contribution >= 4 is 17.2 Å². The van der Waals surface area contributed by atoms with Gasteiger partial charge in [0.2, 0.25) is 5.91 Å². The molecular weight excluding hydrogens is 234 g/mol. The highest BCUT2D eigenvalue weighted by molar-refractivity contribution is 7.09. The topological polar surface area (TPSA) is 68.0 Å². The highest BCUT2D eigenvalue weighted by Gasteiger charge is 2.12. The average molecular weight is 255 g/mol. The summed E-state index contributed by atoms with van der Waals surface area (Å²) in [7, 11) is 0. The Morgan fingerprint density at radius 2 is 2.29 bits per heavy atom. The van der Waals surface area contributed by atoms with Gasteiger partial charge < -0.3 is 11.1 Å². The predicted molar refractivity (Wildman–Crippen MR) is 71.1 cm³/mol. The fourth-order valence-corrected chi connectivity index (χ4v) is 2.02. The van der Waals surface area contributed by atoms with E-state index in [1.165, 1.54) is 0 Å². The molecule has 0 saturated carbocycles. The summed E-state index contributed by atoms with van der Waals surface area (Å²) in [6, 6.07) is 0. The molecule has 1 rings (SSSR count). The lowest BCUT2D eigenvalue weighted by Gasteiger charge is -2.17. The first-order chi connectivity index (χ1) is 7.87. The van der Waals surface area contributed by atoms with Crippen LogP contribution in [0.5, 0.6) is 0 Å². The van der Waals surface area contributed by atoms with E-state index in [9.17, 15) is 4.79 Å². The van der Waals surface area contributed by atoms with Crippen molar-refractivity contribution < 1.29 is 4.79 Å². The molecule has 1 heterocycles. The summed E-state index contributed by atoms with van der Waals surface area (Å²) in [4.78, 5) is 15.8. The third-order valence-corrected chi connectivity index (χ3v) is 3.19. The number of nitrogens with one attached hydrogen (secondary N) is 1. The molecule has 0 aromatic carbocycles. The summed E-state index contributed by atoms with van der Waals surface area (Å²) >= 11 is 1.64. The Balaban J connectivity index is 2.16. The summed E-state index contributed by atoms with van der Waals surface area (Å²) in [6.07, 6.45) is 1.98. The van der Waals surface area contributed by atoms with Crippen molar-refractivity contribution in [3.63, 3.8) is 0 Å². The van der Waals surface area contributed by atoms with E-state index >= 15 is 0 Å². The Bertz CT molecular complexity index is 368. The van der Waals surface area contributed by atoms with E-state index in [-0.39, 0.29) is 11.4 Å². The van der Waals surface area contributed by atoms with Gasteiger partial charge in [-0.3, -0.25) is 4.79 Å². The number of rotatable bonds is 6. The molecule has 0 atom stereocenters. The van der Waals surface area contributed by atoms with E-state index in [0.29, 0.717) is 19.4 Å². The summed E-state index contributed by atoms with van der Waals surface area (Å²) in [6.45, 7) is 6.49. The number of thiazole rings is 1. The van der Waals surface area contributed by atoms with Crippen LogP contribution in [0, 0.1) is 6.92 Å². The van der Waals surface area contributed by atoms with Crippen LogP contribution in [0.3, 0.4) is 0 Å². The van der Waals surface area contributed by atoms with E-state index < -0.39 is 0 Å². The van der Waals surface area contributed by atoms with Crippen LogP contribution in [0.15, 0.2) is 5.38 Å². The van der Waals surface area contributed by atoms with Gasteiger partial charge in [-0.25, -0.2) is 4.98 Å². The second-order valence-corrected chi connectivity index (χ2v) is 6.01. The summed E-state index contributed by atoms with van der Waals surface area (Å²) in [5.41, 5.74) is 6.59. The fourth-order valence-electron chi connectivity index (χ4n) is 1.38. The zero-order valence-corrected chi connectivity index (χ0v) is 11.6. The molecule has 1 amide bonds. The number of aryl methyl sites for hydroxylation is 1. The largest absolute Gasteiger partial charge is 0.356 e. The quantitative estimate of drug-likeness (QED) is 0.812. The monoisotopic (exact) mass is 255 g/mol. The van der Waals surface area contributed by atoms with E-state index in [4.69, 9.17) is 5.73 Å². The first-order valence-corrected chi connectivity index (χ1v) is 6.71. The molecule has 0 bridgehead atoms. The van der Waals surface area contributed by atoms with Gasteiger partial charge in [0.15, 0.2) is 0 Å². The zero-order valence-electron chi connectivity index (χ0n) is 10.7. The maximum atomic E-state index is 11.5. The number of hydrogen-bond acceptors (Lipinski definition) is 4. The third kappa shape index (κ3) is 6.38. The molecule has 0 fully saturated rings. The number of aromatic nitrogens is 1. The average Bonchev–Trinajstić information content (AvgIpc) is 2.60. The summed E-state index contributed by atoms with van der Waals surface area (Å²) < 4.78 is 0. The van der Waals surface area contributed by atoms with Crippen LogP contribution >= 0.6 is 11.3 Å². The Hall–Kier alpha value is -0.940. The smallest absolute Gasteiger partial charge is 0.220 e. The minimum Gasteiger partial charge on any atom is -0.356 e. The van der Waals surface area contributed by atoms with E-state index in [0.717, 1.165) is 17.1 Å². The molecule has 3 N–H and O–H groups in total. The van der Waals surface area contributed by atoms with Crippen molar-refractivity contribution in [2.75, 3.05) is 6.54 Å². The number of carbonyl (C=O) groups excluding carboxylic acids is 1. The van der Waals surface area contributed by atoms with Crippen molar-refractivity contribution in [2.24, 2.45) is 5.73 Å². The van der Waals surface area contributed by atoms with Crippen LogP contribution in [-0.2, 0) is 11.2 Å². The zero-order chi connectivity index (χ0) is 12.9. The van der Waals surface area contributed by atoms with Crippen molar-refractivity contribution in [3.8, 4) is 0 Å². The maximum Gasteiger partial charge on any atom is 0.220 e. The lowest BCUT2D eigenvalue weighted by atomic mass is 10.00. The molecular formula is C12H21N3OS. The minimum absolute atomic E-state index is 0.0653. The molecule has 0 radical (unpaired) electrons. The van der Waals surface area contributed by atoms with Gasteiger partial charge in [0.25, 0.3) is 0 Å². The van der Waals surface area contributed by atoms with E-state index in [1.807, 2.05) is 26.2 Å². The molecule has 0 aliphatic heterocycles. The van der Waals surface area contributed by atoms with Crippen molar-refractivity contribution in [1.29, 1.82) is 0 Å². The van der Waals surface area contributed by atoms with Crippen LogP contribution in [0.4, 0.5) is 0 Å². The van der Waals surface area contributed by atoms with E-state index in [2.05, 4.69) is 10.3 Å². The lowest BCUT2D eigenvalue weighted by Crippen LogP contribution is -2.34. The molecule has 5 heteroatoms. The molecule has 0 unspecified atom stereocenters. The highest BCUT2D eigenvalue weighted by atomic mass is 32.1. The van der Waals surface area contributed by atoms with Crippen LogP contribution in [0.1, 0.15) is 37.4 Å². The van der Waals surface area contributed by atoms with Gasteiger partial charge in [-0.1, -0.05) is 0 Å². The number of nitrogens with zero attached hydrogens (tertiary/aromatic N) is 1. The normalized spacial score (nSPS) is 11.5. The van der Waals surface area contributed by atoms with Crippen LogP contribution in [-0.4, -0.2) is 23.0 Å². The Morgan fingerprint density at radius 3 is 2.82 bits per heavy atom. The Labute approximate surface area is 107 Å². The van der Waals surface area contributed by atoms with Gasteiger partial charge in [-0.2, -0.15) is 0 Å². The number of carbonyl (C=O) groups is 1. The summed E-state index contributed by atoms with van der Waals surface area (Å²) in [5.74, 6) is 0.0653. The lowest BCUT2D eigenvalue weighted by molar-refractivity contribution is -0.121.